The third-order valence-electron chi connectivity index (χ3n) is 8.59. The minimum atomic E-state index is 0.730. The van der Waals surface area contributed by atoms with Gasteiger partial charge < -0.3 is 4.74 Å². The van der Waals surface area contributed by atoms with E-state index in [1.54, 1.807) is 25.7 Å². The van der Waals surface area contributed by atoms with Crippen LogP contribution in [-0.2, 0) is 4.74 Å². The number of epoxide rings is 1. The largest absolute Gasteiger partial charge is 0.369 e. The van der Waals surface area contributed by atoms with Gasteiger partial charge in [0.05, 0.1) is 12.2 Å². The van der Waals surface area contributed by atoms with Crippen molar-refractivity contribution < 1.29 is 4.74 Å². The molecule has 0 radical (unpaired) electrons. The Labute approximate surface area is 128 Å². The smallest absolute Gasteiger partial charge is 0.0875 e. The topological polar surface area (TPSA) is 12.5 Å². The molecule has 1 aliphatic heterocycles. The number of hydrogen-bond donors (Lipinski definition) is 0. The molecule has 1 nitrogen and oxygen atoms in total. The van der Waals surface area contributed by atoms with Gasteiger partial charge in [0.25, 0.3) is 0 Å². The number of ether oxygens (including phenoxy) is 1. The minimum absolute atomic E-state index is 0.730. The average Bonchev–Trinajstić information content (AvgIpc) is 3.15. The Kier molecular flexibility index (Phi) is 2.41. The van der Waals surface area contributed by atoms with E-state index in [1.165, 1.54) is 25.7 Å². The van der Waals surface area contributed by atoms with Crippen LogP contribution in [0.15, 0.2) is 12.2 Å². The second-order valence-corrected chi connectivity index (χ2v) is 9.19. The van der Waals surface area contributed by atoms with E-state index >= 15 is 0 Å². The highest BCUT2D eigenvalue weighted by Gasteiger charge is 2.64. The van der Waals surface area contributed by atoms with Crippen molar-refractivity contribution in [3.8, 4) is 0 Å². The van der Waals surface area contributed by atoms with Crippen LogP contribution in [0.2, 0.25) is 0 Å². The molecule has 6 aliphatic carbocycles. The summed E-state index contributed by atoms with van der Waals surface area (Å²) in [4.78, 5) is 0. The number of fused-ring (bicyclic) bond motifs is 12. The van der Waals surface area contributed by atoms with E-state index in [-0.39, 0.29) is 0 Å². The van der Waals surface area contributed by atoms with Crippen molar-refractivity contribution in [1.29, 1.82) is 0 Å². The highest BCUT2D eigenvalue weighted by Crippen LogP contribution is 2.64. The first-order chi connectivity index (χ1) is 10.4. The van der Waals surface area contributed by atoms with Crippen molar-refractivity contribution in [2.24, 2.45) is 47.3 Å². The van der Waals surface area contributed by atoms with Gasteiger partial charge in [-0.15, -0.1) is 0 Å². The van der Waals surface area contributed by atoms with E-state index in [0.717, 1.165) is 59.6 Å². The summed E-state index contributed by atoms with van der Waals surface area (Å²) in [5, 5.41) is 0. The summed E-state index contributed by atoms with van der Waals surface area (Å²) in [6.45, 7) is 0. The molecule has 7 aliphatic rings. The maximum atomic E-state index is 5.62. The van der Waals surface area contributed by atoms with Crippen LogP contribution in [0.5, 0.6) is 0 Å². The van der Waals surface area contributed by atoms with Crippen molar-refractivity contribution in [3.63, 3.8) is 0 Å². The molecule has 114 valence electrons. The predicted molar refractivity (Wildman–Crippen MR) is 82.7 cm³/mol. The van der Waals surface area contributed by atoms with Crippen LogP contribution < -0.4 is 0 Å². The first-order valence-corrected chi connectivity index (χ1v) is 9.70. The molecule has 0 aromatic carbocycles. The molecular formula is C20H28O. The highest BCUT2D eigenvalue weighted by molar-refractivity contribution is 5.12. The van der Waals surface area contributed by atoms with Crippen LogP contribution in [0.4, 0.5) is 0 Å². The molecule has 4 bridgehead atoms. The molecule has 0 N–H and O–H groups in total. The summed E-state index contributed by atoms with van der Waals surface area (Å²) < 4.78 is 5.62. The van der Waals surface area contributed by atoms with E-state index in [0.29, 0.717) is 0 Å². The Bertz CT molecular complexity index is 482. The molecule has 0 spiro atoms. The SMILES string of the molecule is C1=CC2C3CCC(C3)C2C1.C1CC2CC1C1CC3OC3C21. The zero-order valence-electron chi connectivity index (χ0n) is 13.0. The Morgan fingerprint density at radius 2 is 1.52 bits per heavy atom. The number of hydrogen-bond acceptors (Lipinski definition) is 1. The summed E-state index contributed by atoms with van der Waals surface area (Å²) in [7, 11) is 0. The minimum Gasteiger partial charge on any atom is -0.369 e. The van der Waals surface area contributed by atoms with Crippen molar-refractivity contribution >= 4 is 0 Å². The summed E-state index contributed by atoms with van der Waals surface area (Å²) in [6, 6.07) is 0. The summed E-state index contributed by atoms with van der Waals surface area (Å²) >= 11 is 0. The molecule has 6 fully saturated rings. The van der Waals surface area contributed by atoms with Crippen molar-refractivity contribution in [1.82, 2.24) is 0 Å². The molecule has 1 saturated heterocycles. The van der Waals surface area contributed by atoms with Gasteiger partial charge in [-0.3, -0.25) is 0 Å². The van der Waals surface area contributed by atoms with Crippen molar-refractivity contribution in [3.05, 3.63) is 12.2 Å². The lowest BCUT2D eigenvalue weighted by molar-refractivity contribution is 0.147. The van der Waals surface area contributed by atoms with Gasteiger partial charge in [-0.05, 0) is 98.7 Å². The molecular weight excluding hydrogens is 256 g/mol. The molecule has 1 heterocycles. The van der Waals surface area contributed by atoms with Gasteiger partial charge in [-0.1, -0.05) is 12.2 Å². The van der Waals surface area contributed by atoms with Crippen LogP contribution in [0.25, 0.3) is 0 Å². The third kappa shape index (κ3) is 1.62. The standard InChI is InChI=1S/C10H14O.C10H14/c1-2-6-3-5(1)7-4-8-10(11-8)9(6)7;1-2-9-7-4-5-8(6-7)10(9)3-1/h5-10H,1-4H2;1-2,7-10H,3-6H2. The van der Waals surface area contributed by atoms with Crippen LogP contribution in [-0.4, -0.2) is 12.2 Å². The van der Waals surface area contributed by atoms with Gasteiger partial charge >= 0.3 is 0 Å². The lowest BCUT2D eigenvalue weighted by Gasteiger charge is -2.25. The van der Waals surface area contributed by atoms with E-state index in [4.69, 9.17) is 4.74 Å². The molecule has 1 heteroatoms. The monoisotopic (exact) mass is 284 g/mol. The molecule has 10 atom stereocenters. The quantitative estimate of drug-likeness (QED) is 0.473. The fourth-order valence-electron chi connectivity index (χ4n) is 7.77. The van der Waals surface area contributed by atoms with Gasteiger partial charge in [0.2, 0.25) is 0 Å². The van der Waals surface area contributed by atoms with Gasteiger partial charge in [0.15, 0.2) is 0 Å². The Balaban J connectivity index is 0.0000000925. The fraction of sp³-hybridized carbons (Fsp3) is 0.900. The second-order valence-electron chi connectivity index (χ2n) is 9.19. The molecule has 0 aromatic heterocycles. The van der Waals surface area contributed by atoms with Crippen LogP contribution in [0.3, 0.4) is 0 Å². The van der Waals surface area contributed by atoms with E-state index in [2.05, 4.69) is 12.2 Å². The van der Waals surface area contributed by atoms with E-state index < -0.39 is 0 Å². The van der Waals surface area contributed by atoms with Gasteiger partial charge in [0.1, 0.15) is 0 Å². The summed E-state index contributed by atoms with van der Waals surface area (Å²) in [5.74, 6) is 8.70. The number of allylic oxidation sites excluding steroid dienone is 2. The van der Waals surface area contributed by atoms with Crippen molar-refractivity contribution in [2.75, 3.05) is 0 Å². The molecule has 7 rings (SSSR count). The van der Waals surface area contributed by atoms with Gasteiger partial charge in [-0.2, -0.15) is 0 Å². The zero-order valence-corrected chi connectivity index (χ0v) is 13.0. The molecule has 5 saturated carbocycles. The first kappa shape index (κ1) is 12.2. The fourth-order valence-corrected chi connectivity index (χ4v) is 7.77. The van der Waals surface area contributed by atoms with Crippen LogP contribution >= 0.6 is 0 Å². The van der Waals surface area contributed by atoms with Gasteiger partial charge in [0, 0.05) is 0 Å². The maximum Gasteiger partial charge on any atom is 0.0875 e. The molecule has 0 aromatic rings. The van der Waals surface area contributed by atoms with Gasteiger partial charge in [-0.25, -0.2) is 0 Å². The first-order valence-electron chi connectivity index (χ1n) is 9.70. The Hall–Kier alpha value is -0.300. The zero-order chi connectivity index (χ0) is 13.6. The predicted octanol–water partition coefficient (Wildman–Crippen LogP) is 4.43. The number of rotatable bonds is 0. The summed E-state index contributed by atoms with van der Waals surface area (Å²) in [5.41, 5.74) is 0. The Morgan fingerprint density at radius 1 is 0.762 bits per heavy atom. The lowest BCUT2D eigenvalue weighted by Crippen LogP contribution is -2.22. The molecule has 10 unspecified atom stereocenters. The Morgan fingerprint density at radius 3 is 2.38 bits per heavy atom. The van der Waals surface area contributed by atoms with Crippen molar-refractivity contribution in [2.45, 2.75) is 63.6 Å². The maximum absolute atomic E-state index is 5.62. The normalized spacial score (nSPS) is 63.2. The van der Waals surface area contributed by atoms with Crippen LogP contribution in [0, 0.1) is 47.3 Å². The van der Waals surface area contributed by atoms with E-state index in [1.807, 2.05) is 0 Å². The summed E-state index contributed by atoms with van der Waals surface area (Å²) in [6.07, 6.45) is 18.5. The molecule has 21 heavy (non-hydrogen) atoms. The average molecular weight is 284 g/mol. The molecule has 0 amide bonds. The highest BCUT2D eigenvalue weighted by atomic mass is 16.6. The van der Waals surface area contributed by atoms with Crippen LogP contribution in [0.1, 0.15) is 51.4 Å². The second kappa shape index (κ2) is 4.16. The van der Waals surface area contributed by atoms with E-state index in [9.17, 15) is 0 Å². The third-order valence-corrected chi connectivity index (χ3v) is 8.59. The lowest BCUT2D eigenvalue weighted by atomic mass is 9.81.